The molecule has 10 heteroatoms. The molecule has 0 bridgehead atoms. The van der Waals surface area contributed by atoms with Crippen molar-refractivity contribution in [2.45, 2.75) is 31.1 Å². The molecule has 1 aliphatic carbocycles. The Balaban J connectivity index is 1.76. The molecule has 1 fully saturated rings. The van der Waals surface area contributed by atoms with Gasteiger partial charge in [-0.15, -0.1) is 0 Å². The summed E-state index contributed by atoms with van der Waals surface area (Å²) in [5.74, 6) is -1.36. The molecule has 2 heterocycles. The van der Waals surface area contributed by atoms with E-state index in [4.69, 9.17) is 4.74 Å². The van der Waals surface area contributed by atoms with Gasteiger partial charge in [-0.1, -0.05) is 29.8 Å². The number of pyridine rings is 1. The number of benzene rings is 2. The molecule has 0 aliphatic heterocycles. The molecule has 2 N–H and O–H groups in total. The number of carbonyl (C=O) groups is 1. The van der Waals surface area contributed by atoms with Crippen LogP contribution in [0.25, 0.3) is 22.0 Å². The van der Waals surface area contributed by atoms with Gasteiger partial charge in [-0.25, -0.2) is 17.5 Å². The number of halogens is 1. The highest BCUT2D eigenvalue weighted by atomic mass is 32.2. The minimum absolute atomic E-state index is 0.0434. The van der Waals surface area contributed by atoms with E-state index in [9.17, 15) is 22.4 Å². The summed E-state index contributed by atoms with van der Waals surface area (Å²) < 4.78 is 48.9. The molecule has 1 amide bonds. The molecule has 0 spiro atoms. The second-order valence-corrected chi connectivity index (χ2v) is 11.5. The number of aryl methyl sites for hydroxylation is 1. The Morgan fingerprint density at radius 3 is 2.59 bits per heavy atom. The smallest absolute Gasteiger partial charge is 0.282 e. The third kappa shape index (κ3) is 4.36. The minimum Gasteiger partial charge on any atom is -0.383 e. The van der Waals surface area contributed by atoms with E-state index in [-0.39, 0.29) is 30.0 Å². The van der Waals surface area contributed by atoms with Gasteiger partial charge in [-0.2, -0.15) is 0 Å². The number of H-pyrrole nitrogens is 1. The molecular formula is C27H26FN3O5S. The number of nitrogens with one attached hydrogen (secondary N) is 2. The summed E-state index contributed by atoms with van der Waals surface area (Å²) in [7, 11) is -2.70. The number of nitrogens with zero attached hydrogens (tertiary/aromatic N) is 1. The normalized spacial score (nSPS) is 14.6. The van der Waals surface area contributed by atoms with Gasteiger partial charge in [0, 0.05) is 40.9 Å². The highest BCUT2D eigenvalue weighted by Gasteiger charge is 2.55. The first-order valence-corrected chi connectivity index (χ1v) is 13.3. The van der Waals surface area contributed by atoms with Crippen molar-refractivity contribution in [3.63, 3.8) is 0 Å². The quantitative estimate of drug-likeness (QED) is 0.366. The van der Waals surface area contributed by atoms with E-state index in [1.807, 2.05) is 19.1 Å². The van der Waals surface area contributed by atoms with Crippen molar-refractivity contribution in [1.82, 2.24) is 14.3 Å². The van der Waals surface area contributed by atoms with Gasteiger partial charge in [0.05, 0.1) is 13.2 Å². The van der Waals surface area contributed by atoms with Crippen molar-refractivity contribution in [3.05, 3.63) is 93.8 Å². The number of hydrogen-bond donors (Lipinski definition) is 2. The number of aromatic nitrogens is 2. The first kappa shape index (κ1) is 24.9. The number of rotatable bonds is 8. The van der Waals surface area contributed by atoms with E-state index in [0.29, 0.717) is 29.3 Å². The minimum atomic E-state index is -4.11. The fraction of sp³-hybridized carbons (Fsp3) is 0.259. The first-order chi connectivity index (χ1) is 17.7. The van der Waals surface area contributed by atoms with Crippen molar-refractivity contribution in [2.24, 2.45) is 0 Å². The molecule has 2 aromatic carbocycles. The zero-order chi connectivity index (χ0) is 26.4. The molecule has 192 valence electrons. The van der Waals surface area contributed by atoms with E-state index in [1.165, 1.54) is 19.4 Å². The molecule has 2 aromatic heterocycles. The maximum absolute atomic E-state index is 14.7. The van der Waals surface area contributed by atoms with E-state index in [0.717, 1.165) is 5.56 Å². The van der Waals surface area contributed by atoms with Crippen molar-refractivity contribution in [3.8, 4) is 11.1 Å². The fourth-order valence-corrected chi connectivity index (χ4v) is 6.20. The SMILES string of the molecule is COCC1(S(=O)(=O)NC(=O)c2c(-c3ccc[nH]c3=O)c3cc(C)ccc3n2Cc2ccccc2F)CC1. The third-order valence-corrected chi connectivity index (χ3v) is 8.94. The van der Waals surface area contributed by atoms with Gasteiger partial charge in [-0.3, -0.25) is 9.59 Å². The van der Waals surface area contributed by atoms with Crippen LogP contribution >= 0.6 is 0 Å². The standard InChI is InChI=1S/C27H26FN3O5S/c1-17-9-10-22-20(14-17)23(19-7-5-13-29-25(19)32)24(31(22)15-18-6-3-4-8-21(18)28)26(33)30-37(34,35)27(11-12-27)16-36-2/h3-10,13-14H,11-12,15-16H2,1-2H3,(H,29,32)(H,30,33). The molecule has 1 aliphatic rings. The second kappa shape index (κ2) is 9.28. The Labute approximate surface area is 213 Å². The molecule has 0 unspecified atom stereocenters. The lowest BCUT2D eigenvalue weighted by molar-refractivity contribution is 0.0972. The number of methoxy groups -OCH3 is 1. The van der Waals surface area contributed by atoms with Gasteiger partial charge >= 0.3 is 0 Å². The van der Waals surface area contributed by atoms with Crippen LogP contribution < -0.4 is 10.3 Å². The molecule has 5 rings (SSSR count). The lowest BCUT2D eigenvalue weighted by Gasteiger charge is -2.18. The maximum atomic E-state index is 14.7. The fourth-order valence-electron chi connectivity index (χ4n) is 4.73. The number of fused-ring (bicyclic) bond motifs is 1. The van der Waals surface area contributed by atoms with E-state index in [1.54, 1.807) is 41.0 Å². The van der Waals surface area contributed by atoms with E-state index in [2.05, 4.69) is 9.71 Å². The average Bonchev–Trinajstić information content (AvgIpc) is 3.58. The van der Waals surface area contributed by atoms with Crippen LogP contribution in [0.15, 0.2) is 65.6 Å². The molecule has 8 nitrogen and oxygen atoms in total. The van der Waals surface area contributed by atoms with E-state index >= 15 is 0 Å². The number of ether oxygens (including phenoxy) is 1. The van der Waals surface area contributed by atoms with Crippen molar-refractivity contribution < 1.29 is 22.3 Å². The van der Waals surface area contributed by atoms with Crippen LogP contribution in [0.3, 0.4) is 0 Å². The molecule has 0 atom stereocenters. The van der Waals surface area contributed by atoms with Gasteiger partial charge in [-0.05, 0) is 50.1 Å². The molecule has 4 aromatic rings. The first-order valence-electron chi connectivity index (χ1n) is 11.8. The van der Waals surface area contributed by atoms with Crippen LogP contribution in [-0.2, 0) is 21.3 Å². The second-order valence-electron chi connectivity index (χ2n) is 9.39. The lowest BCUT2D eigenvalue weighted by Crippen LogP contribution is -2.43. The van der Waals surface area contributed by atoms with Crippen LogP contribution in [0.2, 0.25) is 0 Å². The Hall–Kier alpha value is -3.76. The Kier molecular flexibility index (Phi) is 6.25. The van der Waals surface area contributed by atoms with Crippen LogP contribution in [0, 0.1) is 12.7 Å². The summed E-state index contributed by atoms with van der Waals surface area (Å²) in [5.41, 5.74) is 1.74. The van der Waals surface area contributed by atoms with Crippen LogP contribution in [-0.4, -0.2) is 42.3 Å². The third-order valence-electron chi connectivity index (χ3n) is 6.82. The average molecular weight is 524 g/mol. The highest BCUT2D eigenvalue weighted by molar-refractivity contribution is 7.91. The van der Waals surface area contributed by atoms with Gasteiger partial charge in [0.1, 0.15) is 16.3 Å². The maximum Gasteiger partial charge on any atom is 0.282 e. The predicted octanol–water partition coefficient (Wildman–Crippen LogP) is 3.73. The van der Waals surface area contributed by atoms with Gasteiger partial charge in [0.15, 0.2) is 0 Å². The predicted molar refractivity (Wildman–Crippen MR) is 138 cm³/mol. The monoisotopic (exact) mass is 523 g/mol. The number of hydrogen-bond acceptors (Lipinski definition) is 5. The van der Waals surface area contributed by atoms with Crippen LogP contribution in [0.1, 0.15) is 34.5 Å². The summed E-state index contributed by atoms with van der Waals surface area (Å²) >= 11 is 0. The zero-order valence-corrected chi connectivity index (χ0v) is 21.2. The highest BCUT2D eigenvalue weighted by Crippen LogP contribution is 2.43. The summed E-state index contributed by atoms with van der Waals surface area (Å²) in [6.45, 7) is 1.78. The Morgan fingerprint density at radius 1 is 1.16 bits per heavy atom. The van der Waals surface area contributed by atoms with Gasteiger partial charge < -0.3 is 14.3 Å². The molecule has 1 saturated carbocycles. The number of carbonyl (C=O) groups excluding carboxylic acids is 1. The Bertz CT molecular complexity index is 1690. The van der Waals surface area contributed by atoms with Crippen molar-refractivity contribution in [1.29, 1.82) is 0 Å². The molecular weight excluding hydrogens is 497 g/mol. The zero-order valence-electron chi connectivity index (χ0n) is 20.4. The van der Waals surface area contributed by atoms with Gasteiger partial charge in [0.25, 0.3) is 11.5 Å². The summed E-state index contributed by atoms with van der Waals surface area (Å²) in [6, 6.07) is 14.8. The summed E-state index contributed by atoms with van der Waals surface area (Å²) in [4.78, 5) is 29.4. The van der Waals surface area contributed by atoms with Gasteiger partial charge in [0.2, 0.25) is 10.0 Å². The molecule has 37 heavy (non-hydrogen) atoms. The molecule has 0 radical (unpaired) electrons. The van der Waals surface area contributed by atoms with Crippen LogP contribution in [0.5, 0.6) is 0 Å². The van der Waals surface area contributed by atoms with Crippen molar-refractivity contribution in [2.75, 3.05) is 13.7 Å². The lowest BCUT2D eigenvalue weighted by atomic mass is 10.0. The number of aromatic amines is 1. The summed E-state index contributed by atoms with van der Waals surface area (Å²) in [5, 5.41) is 0.577. The molecule has 0 saturated heterocycles. The Morgan fingerprint density at radius 2 is 1.92 bits per heavy atom. The summed E-state index contributed by atoms with van der Waals surface area (Å²) in [6.07, 6.45) is 2.21. The van der Waals surface area contributed by atoms with Crippen LogP contribution in [0.4, 0.5) is 4.39 Å². The largest absolute Gasteiger partial charge is 0.383 e. The van der Waals surface area contributed by atoms with Crippen molar-refractivity contribution >= 4 is 26.8 Å². The number of amides is 1. The number of sulfonamides is 1. The topological polar surface area (TPSA) is 110 Å². The van der Waals surface area contributed by atoms with E-state index < -0.39 is 32.1 Å².